The highest BCUT2D eigenvalue weighted by Gasteiger charge is 2.03. The molecule has 0 aromatic carbocycles. The number of rotatable bonds is 2. The molecule has 0 saturated heterocycles. The molecule has 0 radical (unpaired) electrons. The van der Waals surface area contributed by atoms with Crippen molar-refractivity contribution in [1.29, 1.82) is 0 Å². The minimum Gasteiger partial charge on any atom is -0.324 e. The fourth-order valence-corrected chi connectivity index (χ4v) is 0.832. The second kappa shape index (κ2) is 5.09. The molecule has 0 atom stereocenters. The van der Waals surface area contributed by atoms with Crippen LogP contribution >= 0.6 is 24.0 Å². The van der Waals surface area contributed by atoms with Gasteiger partial charge in [0.2, 0.25) is 0 Å². The Hall–Kier alpha value is -0.640. The van der Waals surface area contributed by atoms with Gasteiger partial charge in [-0.2, -0.15) is 0 Å². The summed E-state index contributed by atoms with van der Waals surface area (Å²) >= 11 is 5.54. The molecule has 66 valence electrons. The Morgan fingerprint density at radius 1 is 1.58 bits per heavy atom. The van der Waals surface area contributed by atoms with Gasteiger partial charge in [-0.25, -0.2) is 4.98 Å². The van der Waals surface area contributed by atoms with E-state index in [0.29, 0.717) is 10.8 Å². The van der Waals surface area contributed by atoms with E-state index in [2.05, 4.69) is 4.98 Å². The highest BCUT2D eigenvalue weighted by atomic mass is 35.5. The van der Waals surface area contributed by atoms with Crippen LogP contribution in [0.15, 0.2) is 18.2 Å². The third-order valence-corrected chi connectivity index (χ3v) is 1.40. The highest BCUT2D eigenvalue weighted by molar-refractivity contribution is 6.29. The van der Waals surface area contributed by atoms with Crippen LogP contribution in [0.3, 0.4) is 0 Å². The number of pyridine rings is 1. The van der Waals surface area contributed by atoms with Crippen LogP contribution in [0, 0.1) is 0 Å². The average Bonchev–Trinajstić information content (AvgIpc) is 2.03. The number of Topliss-reactive ketones (excluding diaryl/α,β-unsaturated/α-hetero) is 1. The molecule has 0 aliphatic heterocycles. The average molecular weight is 207 g/mol. The number of nitrogens with two attached hydrogens (primary N) is 1. The van der Waals surface area contributed by atoms with E-state index in [0.717, 1.165) is 0 Å². The molecule has 5 heteroatoms. The van der Waals surface area contributed by atoms with Gasteiger partial charge in [-0.05, 0) is 12.1 Å². The topological polar surface area (TPSA) is 56.0 Å². The molecule has 12 heavy (non-hydrogen) atoms. The van der Waals surface area contributed by atoms with Gasteiger partial charge in [0, 0.05) is 0 Å². The summed E-state index contributed by atoms with van der Waals surface area (Å²) < 4.78 is 0. The molecule has 1 aromatic rings. The third-order valence-electron chi connectivity index (χ3n) is 1.19. The number of aromatic nitrogens is 1. The Bertz CT molecular complexity index is 278. The van der Waals surface area contributed by atoms with Gasteiger partial charge in [-0.1, -0.05) is 17.7 Å². The second-order valence-electron chi connectivity index (χ2n) is 1.97. The first-order valence-corrected chi connectivity index (χ1v) is 3.47. The molecule has 1 aromatic heterocycles. The van der Waals surface area contributed by atoms with Crippen LogP contribution in [-0.2, 0) is 0 Å². The van der Waals surface area contributed by atoms with Gasteiger partial charge in [0.25, 0.3) is 0 Å². The molecule has 2 N–H and O–H groups in total. The van der Waals surface area contributed by atoms with Gasteiger partial charge in [0.05, 0.1) is 6.54 Å². The lowest BCUT2D eigenvalue weighted by Gasteiger charge is -1.95. The predicted octanol–water partition coefficient (Wildman–Crippen LogP) is 1.30. The van der Waals surface area contributed by atoms with E-state index < -0.39 is 0 Å². The SMILES string of the molecule is Cl.NCC(=O)c1cccc(Cl)n1. The Labute approximate surface area is 81.3 Å². The fourth-order valence-electron chi connectivity index (χ4n) is 0.668. The molecule has 1 rings (SSSR count). The maximum absolute atomic E-state index is 10.9. The van der Waals surface area contributed by atoms with Crippen molar-refractivity contribution in [2.75, 3.05) is 6.54 Å². The number of hydrogen-bond donors (Lipinski definition) is 1. The summed E-state index contributed by atoms with van der Waals surface area (Å²) in [5.41, 5.74) is 5.44. The van der Waals surface area contributed by atoms with Crippen molar-refractivity contribution in [3.8, 4) is 0 Å². The van der Waals surface area contributed by atoms with Gasteiger partial charge in [-0.15, -0.1) is 12.4 Å². The third kappa shape index (κ3) is 2.77. The summed E-state index contributed by atoms with van der Waals surface area (Å²) in [6.45, 7) is -0.0344. The maximum Gasteiger partial charge on any atom is 0.194 e. The quantitative estimate of drug-likeness (QED) is 0.587. The Kier molecular flexibility index (Phi) is 4.81. The number of carbonyl (C=O) groups excluding carboxylic acids is 1. The van der Waals surface area contributed by atoms with E-state index in [1.54, 1.807) is 18.2 Å². The minimum atomic E-state index is -0.201. The molecule has 0 fully saturated rings. The summed E-state index contributed by atoms with van der Waals surface area (Å²) in [5.74, 6) is -0.201. The molecular formula is C7H8Cl2N2O. The van der Waals surface area contributed by atoms with Gasteiger partial charge >= 0.3 is 0 Å². The van der Waals surface area contributed by atoms with E-state index in [-0.39, 0.29) is 24.7 Å². The Balaban J connectivity index is 0.00000121. The summed E-state index contributed by atoms with van der Waals surface area (Å²) in [6, 6.07) is 4.86. The first kappa shape index (κ1) is 11.4. The summed E-state index contributed by atoms with van der Waals surface area (Å²) in [6.07, 6.45) is 0. The van der Waals surface area contributed by atoms with Crippen molar-refractivity contribution in [1.82, 2.24) is 4.98 Å². The number of ketones is 1. The molecule has 1 heterocycles. The first-order valence-electron chi connectivity index (χ1n) is 3.10. The Morgan fingerprint density at radius 2 is 2.25 bits per heavy atom. The molecule has 0 unspecified atom stereocenters. The molecule has 0 saturated carbocycles. The predicted molar refractivity (Wildman–Crippen MR) is 49.9 cm³/mol. The normalized spacial score (nSPS) is 8.83. The van der Waals surface area contributed by atoms with Crippen molar-refractivity contribution in [2.45, 2.75) is 0 Å². The van der Waals surface area contributed by atoms with Gasteiger partial charge in [0.1, 0.15) is 10.8 Å². The van der Waals surface area contributed by atoms with Crippen molar-refractivity contribution in [2.24, 2.45) is 5.73 Å². The lowest BCUT2D eigenvalue weighted by Crippen LogP contribution is -2.14. The zero-order valence-electron chi connectivity index (χ0n) is 6.16. The van der Waals surface area contributed by atoms with Crippen LogP contribution in [0.25, 0.3) is 0 Å². The van der Waals surface area contributed by atoms with Crippen molar-refractivity contribution in [3.63, 3.8) is 0 Å². The molecule has 3 nitrogen and oxygen atoms in total. The molecule has 0 aliphatic rings. The van der Waals surface area contributed by atoms with E-state index in [1.807, 2.05) is 0 Å². The molecule has 0 bridgehead atoms. The molecule has 0 amide bonds. The summed E-state index contributed by atoms with van der Waals surface area (Å²) in [4.78, 5) is 14.7. The largest absolute Gasteiger partial charge is 0.324 e. The number of carbonyl (C=O) groups is 1. The fraction of sp³-hybridized carbons (Fsp3) is 0.143. The number of nitrogens with zero attached hydrogens (tertiary/aromatic N) is 1. The van der Waals surface area contributed by atoms with Crippen LogP contribution in [0.4, 0.5) is 0 Å². The monoisotopic (exact) mass is 206 g/mol. The minimum absolute atomic E-state index is 0. The lowest BCUT2D eigenvalue weighted by molar-refractivity contribution is 0.0996. The van der Waals surface area contributed by atoms with Crippen molar-refractivity contribution >= 4 is 29.8 Å². The van der Waals surface area contributed by atoms with E-state index in [4.69, 9.17) is 17.3 Å². The zero-order chi connectivity index (χ0) is 8.27. The highest BCUT2D eigenvalue weighted by Crippen LogP contribution is 2.04. The molecular weight excluding hydrogens is 199 g/mol. The van der Waals surface area contributed by atoms with Crippen LogP contribution in [-0.4, -0.2) is 17.3 Å². The van der Waals surface area contributed by atoms with Crippen LogP contribution < -0.4 is 5.73 Å². The van der Waals surface area contributed by atoms with E-state index in [1.165, 1.54) is 0 Å². The summed E-state index contributed by atoms with van der Waals surface area (Å²) in [7, 11) is 0. The number of hydrogen-bond acceptors (Lipinski definition) is 3. The maximum atomic E-state index is 10.9. The van der Waals surface area contributed by atoms with Gasteiger partial charge < -0.3 is 5.73 Å². The van der Waals surface area contributed by atoms with E-state index in [9.17, 15) is 4.79 Å². The van der Waals surface area contributed by atoms with Crippen molar-refractivity contribution in [3.05, 3.63) is 29.0 Å². The zero-order valence-corrected chi connectivity index (χ0v) is 7.73. The molecule has 0 spiro atoms. The molecule has 0 aliphatic carbocycles. The second-order valence-corrected chi connectivity index (χ2v) is 2.36. The van der Waals surface area contributed by atoms with Crippen LogP contribution in [0.2, 0.25) is 5.15 Å². The Morgan fingerprint density at radius 3 is 2.75 bits per heavy atom. The summed E-state index contributed by atoms with van der Waals surface area (Å²) in [5, 5.41) is 0.310. The van der Waals surface area contributed by atoms with Gasteiger partial charge in [-0.3, -0.25) is 4.79 Å². The van der Waals surface area contributed by atoms with Crippen LogP contribution in [0.5, 0.6) is 0 Å². The lowest BCUT2D eigenvalue weighted by atomic mass is 10.2. The van der Waals surface area contributed by atoms with E-state index >= 15 is 0 Å². The smallest absolute Gasteiger partial charge is 0.194 e. The first-order chi connectivity index (χ1) is 5.24. The van der Waals surface area contributed by atoms with Crippen molar-refractivity contribution < 1.29 is 4.79 Å². The standard InChI is InChI=1S/C7H7ClN2O.ClH/c8-7-3-1-2-5(10-7)6(11)4-9;/h1-3H,4,9H2;1H. The number of halogens is 2. The van der Waals surface area contributed by atoms with Crippen LogP contribution in [0.1, 0.15) is 10.5 Å². The van der Waals surface area contributed by atoms with Gasteiger partial charge in [0.15, 0.2) is 5.78 Å².